The first-order valence-corrected chi connectivity index (χ1v) is 7.82. The average Bonchev–Trinajstić information content (AvgIpc) is 3.21. The van der Waals surface area contributed by atoms with E-state index < -0.39 is 0 Å². The SMILES string of the molecule is O=c1[nH]c(Cc2ccc(Cl)cc2Cl)nc(C2CC2)c1Br. The molecule has 3 nitrogen and oxygen atoms in total. The molecule has 0 atom stereocenters. The van der Waals surface area contributed by atoms with E-state index in [1.807, 2.05) is 6.07 Å². The lowest BCUT2D eigenvalue weighted by Gasteiger charge is -2.07. The Hall–Kier alpha value is -0.840. The van der Waals surface area contributed by atoms with Crippen molar-refractivity contribution >= 4 is 39.1 Å². The van der Waals surface area contributed by atoms with Crippen LogP contribution >= 0.6 is 39.1 Å². The number of aromatic amines is 1. The molecule has 1 saturated carbocycles. The lowest BCUT2D eigenvalue weighted by atomic mass is 10.1. The van der Waals surface area contributed by atoms with Gasteiger partial charge < -0.3 is 4.98 Å². The van der Waals surface area contributed by atoms with Crippen molar-refractivity contribution in [1.82, 2.24) is 9.97 Å². The van der Waals surface area contributed by atoms with Crippen LogP contribution < -0.4 is 5.56 Å². The largest absolute Gasteiger partial charge is 0.309 e. The fourth-order valence-electron chi connectivity index (χ4n) is 2.08. The Morgan fingerprint density at radius 2 is 2.10 bits per heavy atom. The normalized spacial score (nSPS) is 14.6. The second-order valence-corrected chi connectivity index (χ2v) is 6.54. The van der Waals surface area contributed by atoms with Gasteiger partial charge in [-0.1, -0.05) is 29.3 Å². The molecule has 6 heteroatoms. The van der Waals surface area contributed by atoms with E-state index in [1.165, 1.54) is 0 Å². The topological polar surface area (TPSA) is 45.8 Å². The van der Waals surface area contributed by atoms with Crippen molar-refractivity contribution in [2.75, 3.05) is 0 Å². The fourth-order valence-corrected chi connectivity index (χ4v) is 3.07. The standard InChI is InChI=1S/C14H11BrCl2N2O/c15-12-13(7-1-2-7)18-11(19-14(12)20)5-8-3-4-9(16)6-10(8)17/h3-4,6-7H,1-2,5H2,(H,18,19,20). The Kier molecular flexibility index (Phi) is 3.89. The van der Waals surface area contributed by atoms with Crippen molar-refractivity contribution in [2.45, 2.75) is 25.2 Å². The third-order valence-corrected chi connectivity index (χ3v) is 4.63. The van der Waals surface area contributed by atoms with Crippen molar-refractivity contribution in [1.29, 1.82) is 0 Å². The van der Waals surface area contributed by atoms with Crippen molar-refractivity contribution in [3.8, 4) is 0 Å². The first-order chi connectivity index (χ1) is 9.54. The van der Waals surface area contributed by atoms with Gasteiger partial charge in [-0.3, -0.25) is 4.79 Å². The molecule has 0 amide bonds. The van der Waals surface area contributed by atoms with Crippen LogP contribution in [0.3, 0.4) is 0 Å². The van der Waals surface area contributed by atoms with Gasteiger partial charge in [-0.15, -0.1) is 0 Å². The zero-order chi connectivity index (χ0) is 14.3. The zero-order valence-electron chi connectivity index (χ0n) is 10.4. The van der Waals surface area contributed by atoms with Gasteiger partial charge in [0.2, 0.25) is 0 Å². The molecule has 3 rings (SSSR count). The van der Waals surface area contributed by atoms with E-state index in [1.54, 1.807) is 12.1 Å². The summed E-state index contributed by atoms with van der Waals surface area (Å²) in [6.07, 6.45) is 2.67. The Balaban J connectivity index is 1.96. The van der Waals surface area contributed by atoms with Crippen LogP contribution in [0.25, 0.3) is 0 Å². The number of rotatable bonds is 3. The number of hydrogen-bond donors (Lipinski definition) is 1. The van der Waals surface area contributed by atoms with Crippen molar-refractivity contribution in [3.05, 3.63) is 60.2 Å². The summed E-state index contributed by atoms with van der Waals surface area (Å²) in [6.45, 7) is 0. The highest BCUT2D eigenvalue weighted by Crippen LogP contribution is 2.41. The van der Waals surface area contributed by atoms with Crippen LogP contribution in [0.1, 0.15) is 35.8 Å². The van der Waals surface area contributed by atoms with Gasteiger partial charge in [0.05, 0.1) is 5.69 Å². The number of nitrogens with one attached hydrogen (secondary N) is 1. The second-order valence-electron chi connectivity index (χ2n) is 4.90. The first kappa shape index (κ1) is 14.1. The summed E-state index contributed by atoms with van der Waals surface area (Å²) in [7, 11) is 0. The number of halogens is 3. The van der Waals surface area contributed by atoms with Gasteiger partial charge in [0, 0.05) is 22.4 Å². The van der Waals surface area contributed by atoms with Crippen LogP contribution in [-0.2, 0) is 6.42 Å². The van der Waals surface area contributed by atoms with Gasteiger partial charge in [0.15, 0.2) is 0 Å². The van der Waals surface area contributed by atoms with Crippen molar-refractivity contribution < 1.29 is 0 Å². The molecular formula is C14H11BrCl2N2O. The zero-order valence-corrected chi connectivity index (χ0v) is 13.5. The minimum Gasteiger partial charge on any atom is -0.309 e. The van der Waals surface area contributed by atoms with Gasteiger partial charge in [0.1, 0.15) is 10.3 Å². The average molecular weight is 374 g/mol. The maximum absolute atomic E-state index is 11.9. The van der Waals surface area contributed by atoms with E-state index in [2.05, 4.69) is 25.9 Å². The maximum Gasteiger partial charge on any atom is 0.265 e. The number of nitrogens with zero attached hydrogens (tertiary/aromatic N) is 1. The van der Waals surface area contributed by atoms with Crippen LogP contribution in [0.15, 0.2) is 27.5 Å². The minimum atomic E-state index is -0.137. The maximum atomic E-state index is 11.9. The van der Waals surface area contributed by atoms with E-state index in [0.29, 0.717) is 32.7 Å². The van der Waals surface area contributed by atoms with Gasteiger partial charge >= 0.3 is 0 Å². The number of benzene rings is 1. The Morgan fingerprint density at radius 1 is 1.35 bits per heavy atom. The Morgan fingerprint density at radius 3 is 2.75 bits per heavy atom. The second kappa shape index (κ2) is 5.51. The predicted octanol–water partition coefficient (Wildman–Crippen LogP) is 4.31. The highest BCUT2D eigenvalue weighted by molar-refractivity contribution is 9.10. The highest BCUT2D eigenvalue weighted by atomic mass is 79.9. The molecule has 0 spiro atoms. The third-order valence-electron chi connectivity index (χ3n) is 3.27. The van der Waals surface area contributed by atoms with Crippen molar-refractivity contribution in [2.24, 2.45) is 0 Å². The molecule has 1 heterocycles. The molecule has 1 fully saturated rings. The molecule has 0 aliphatic heterocycles. The smallest absolute Gasteiger partial charge is 0.265 e. The Labute approximate surface area is 134 Å². The van der Waals surface area contributed by atoms with Crippen LogP contribution in [-0.4, -0.2) is 9.97 Å². The fraction of sp³-hybridized carbons (Fsp3) is 0.286. The molecule has 0 saturated heterocycles. The van der Waals surface area contributed by atoms with Crippen LogP contribution in [0.4, 0.5) is 0 Å². The molecule has 0 bridgehead atoms. The third kappa shape index (κ3) is 2.92. The van der Waals surface area contributed by atoms with Gasteiger partial charge in [-0.25, -0.2) is 4.98 Å². The molecule has 0 unspecified atom stereocenters. The molecule has 1 aromatic heterocycles. The van der Waals surface area contributed by atoms with E-state index in [-0.39, 0.29) is 5.56 Å². The summed E-state index contributed by atoms with van der Waals surface area (Å²) >= 11 is 15.3. The molecule has 1 aliphatic carbocycles. The first-order valence-electron chi connectivity index (χ1n) is 6.27. The Bertz CT molecular complexity index is 726. The molecule has 1 aromatic carbocycles. The van der Waals surface area contributed by atoms with Gasteiger partial charge in [-0.05, 0) is 46.5 Å². The molecule has 104 valence electrons. The quantitative estimate of drug-likeness (QED) is 0.871. The van der Waals surface area contributed by atoms with E-state index in [4.69, 9.17) is 23.2 Å². The highest BCUT2D eigenvalue weighted by Gasteiger charge is 2.28. The minimum absolute atomic E-state index is 0.137. The lowest BCUT2D eigenvalue weighted by Crippen LogP contribution is -2.15. The molecule has 1 aliphatic rings. The molecular weight excluding hydrogens is 363 g/mol. The van der Waals surface area contributed by atoms with E-state index >= 15 is 0 Å². The van der Waals surface area contributed by atoms with Crippen LogP contribution in [0, 0.1) is 0 Å². The van der Waals surface area contributed by atoms with Crippen molar-refractivity contribution in [3.63, 3.8) is 0 Å². The summed E-state index contributed by atoms with van der Waals surface area (Å²) in [5.41, 5.74) is 1.61. The summed E-state index contributed by atoms with van der Waals surface area (Å²) in [4.78, 5) is 19.3. The molecule has 2 aromatic rings. The van der Waals surface area contributed by atoms with Gasteiger partial charge in [-0.2, -0.15) is 0 Å². The molecule has 0 radical (unpaired) electrons. The monoisotopic (exact) mass is 372 g/mol. The summed E-state index contributed by atoms with van der Waals surface area (Å²) < 4.78 is 0.547. The molecule has 20 heavy (non-hydrogen) atoms. The lowest BCUT2D eigenvalue weighted by molar-refractivity contribution is 0.871. The van der Waals surface area contributed by atoms with Crippen LogP contribution in [0.2, 0.25) is 10.0 Å². The number of H-pyrrole nitrogens is 1. The van der Waals surface area contributed by atoms with Crippen LogP contribution in [0.5, 0.6) is 0 Å². The van der Waals surface area contributed by atoms with Gasteiger partial charge in [0.25, 0.3) is 5.56 Å². The van der Waals surface area contributed by atoms with E-state index in [0.717, 1.165) is 24.1 Å². The predicted molar refractivity (Wildman–Crippen MR) is 83.8 cm³/mol. The number of aromatic nitrogens is 2. The van der Waals surface area contributed by atoms with E-state index in [9.17, 15) is 4.79 Å². The molecule has 1 N–H and O–H groups in total. The summed E-state index contributed by atoms with van der Waals surface area (Å²) in [5, 5.41) is 1.17. The number of hydrogen-bond acceptors (Lipinski definition) is 2. The summed E-state index contributed by atoms with van der Waals surface area (Å²) in [6, 6.07) is 5.32. The summed E-state index contributed by atoms with van der Waals surface area (Å²) in [5.74, 6) is 1.04.